The summed E-state index contributed by atoms with van der Waals surface area (Å²) in [6, 6.07) is 8.36. The second kappa shape index (κ2) is 14.1. The lowest BCUT2D eigenvalue weighted by Crippen LogP contribution is -2.52. The zero-order valence-corrected chi connectivity index (χ0v) is 28.8. The minimum absolute atomic E-state index is 0.0293. The zero-order chi connectivity index (χ0) is 35.9. The van der Waals surface area contributed by atoms with Crippen LogP contribution < -0.4 is 15.0 Å². The Kier molecular flexibility index (Phi) is 9.78. The molecule has 0 radical (unpaired) electrons. The van der Waals surface area contributed by atoms with E-state index in [0.29, 0.717) is 65.7 Å². The maximum absolute atomic E-state index is 17.0. The number of piperazine rings is 1. The molecule has 3 fully saturated rings. The number of benzene rings is 2. The van der Waals surface area contributed by atoms with Crippen molar-refractivity contribution in [1.82, 2.24) is 25.2 Å². The van der Waals surface area contributed by atoms with Gasteiger partial charge in [-0.2, -0.15) is 9.97 Å². The molecular weight excluding hydrogens is 667 g/mol. The molecule has 4 aromatic rings. The molecule has 5 heterocycles. The number of aromatic nitrogens is 3. The normalized spacial score (nSPS) is 21.3. The van der Waals surface area contributed by atoms with E-state index in [4.69, 9.17) is 21.1 Å². The van der Waals surface area contributed by atoms with E-state index < -0.39 is 24.1 Å². The van der Waals surface area contributed by atoms with Gasteiger partial charge in [-0.25, -0.2) is 13.8 Å². The highest BCUT2D eigenvalue weighted by Crippen LogP contribution is 2.47. The lowest BCUT2D eigenvalue weighted by molar-refractivity contribution is -0.340. The van der Waals surface area contributed by atoms with Crippen molar-refractivity contribution in [3.63, 3.8) is 0 Å². The molecule has 2 aromatic heterocycles. The maximum Gasteiger partial charge on any atom is 0.522 e. The monoisotopic (exact) mass is 708 g/mol. The van der Waals surface area contributed by atoms with Crippen LogP contribution in [0.5, 0.6) is 6.01 Å². The summed E-state index contributed by atoms with van der Waals surface area (Å²) in [4.78, 5) is 18.6. The Morgan fingerprint density at radius 2 is 1.86 bits per heavy atom. The third-order valence-corrected chi connectivity index (χ3v) is 10.3. The van der Waals surface area contributed by atoms with Crippen LogP contribution in [0.3, 0.4) is 0 Å². The van der Waals surface area contributed by atoms with Crippen molar-refractivity contribution >= 4 is 27.5 Å². The van der Waals surface area contributed by atoms with Crippen molar-refractivity contribution in [3.8, 4) is 29.6 Å². The predicted octanol–water partition coefficient (Wildman–Crippen LogP) is 7.01. The fraction of sp³-hybridized carbons (Fsp3) is 0.500. The first kappa shape index (κ1) is 35.3. The molecule has 8 nitrogen and oxygen atoms in total. The van der Waals surface area contributed by atoms with E-state index in [1.54, 1.807) is 24.3 Å². The fourth-order valence-electron chi connectivity index (χ4n) is 7.78. The SMILES string of the molecule is C#Cc1c(F)ccc2cccc(-c3nc4c5c(nc(OCC6(CN7CCC(OC(F)(F)F)C7)CC6)nc5c3F)N3CCNCC3CCC4)c12.CC. The number of halogens is 5. The molecule has 4 aliphatic rings. The van der Waals surface area contributed by atoms with Gasteiger partial charge in [0.25, 0.3) is 0 Å². The summed E-state index contributed by atoms with van der Waals surface area (Å²) >= 11 is 0. The summed E-state index contributed by atoms with van der Waals surface area (Å²) in [5.74, 6) is 1.77. The van der Waals surface area contributed by atoms with E-state index in [2.05, 4.69) is 25.9 Å². The Labute approximate surface area is 293 Å². The van der Waals surface area contributed by atoms with Gasteiger partial charge in [-0.05, 0) is 50.0 Å². The standard InChI is InChI=1S/C36H35F5N6O2.C2H6/c1-2-24-26(37)10-9-21-5-3-7-25(28(21)24)31-30(38)32-29-27(43-31)8-4-6-22-17-42-14-16-47(22)33(29)45-34(44-32)48-20-35(12-13-35)19-46-15-11-23(18-46)49-36(39,40)41;1-2/h1,3,5,7,9-10,22-23,42H,4,6,8,11-20H2;1-2H3. The number of anilines is 1. The molecule has 0 spiro atoms. The molecule has 2 saturated heterocycles. The lowest BCUT2D eigenvalue weighted by atomic mass is 9.94. The Balaban J connectivity index is 0.00000200. The number of nitrogens with zero attached hydrogens (tertiary/aromatic N) is 5. The van der Waals surface area contributed by atoms with Crippen molar-refractivity contribution in [2.45, 2.75) is 70.9 Å². The van der Waals surface area contributed by atoms with Gasteiger partial charge in [-0.1, -0.05) is 44.0 Å². The van der Waals surface area contributed by atoms with Crippen LogP contribution in [0.25, 0.3) is 32.9 Å². The zero-order valence-electron chi connectivity index (χ0n) is 28.8. The molecule has 8 rings (SSSR count). The van der Waals surface area contributed by atoms with Gasteiger partial charge in [0.05, 0.1) is 29.4 Å². The van der Waals surface area contributed by atoms with Crippen LogP contribution in [0, 0.1) is 29.4 Å². The third kappa shape index (κ3) is 7.06. The van der Waals surface area contributed by atoms with Crippen LogP contribution >= 0.6 is 0 Å². The first-order valence-electron chi connectivity index (χ1n) is 17.8. The molecule has 1 saturated carbocycles. The summed E-state index contributed by atoms with van der Waals surface area (Å²) in [6.45, 7) is 7.67. The van der Waals surface area contributed by atoms with Crippen LogP contribution in [-0.4, -0.2) is 84.2 Å². The number of ether oxygens (including phenoxy) is 2. The summed E-state index contributed by atoms with van der Waals surface area (Å²) < 4.78 is 80.8. The van der Waals surface area contributed by atoms with Gasteiger partial charge in [-0.15, -0.1) is 19.6 Å². The van der Waals surface area contributed by atoms with Crippen molar-refractivity contribution in [2.24, 2.45) is 5.41 Å². The largest absolute Gasteiger partial charge is 0.522 e. The van der Waals surface area contributed by atoms with E-state index in [9.17, 15) is 17.6 Å². The average Bonchev–Trinajstić information content (AvgIpc) is 3.75. The summed E-state index contributed by atoms with van der Waals surface area (Å²) in [7, 11) is 0. The van der Waals surface area contributed by atoms with E-state index in [1.165, 1.54) is 6.07 Å². The van der Waals surface area contributed by atoms with Crippen LogP contribution in [0.2, 0.25) is 0 Å². The number of terminal acetylenes is 1. The average molecular weight is 709 g/mol. The second-order valence-corrected chi connectivity index (χ2v) is 13.7. The molecule has 51 heavy (non-hydrogen) atoms. The van der Waals surface area contributed by atoms with Crippen molar-refractivity contribution in [2.75, 3.05) is 50.8 Å². The van der Waals surface area contributed by atoms with Crippen LogP contribution in [0.1, 0.15) is 57.2 Å². The summed E-state index contributed by atoms with van der Waals surface area (Å²) in [5.41, 5.74) is 0.917. The van der Waals surface area contributed by atoms with Crippen molar-refractivity contribution in [3.05, 3.63) is 53.2 Å². The molecule has 0 amide bonds. The number of fused-ring (bicyclic) bond motifs is 3. The molecule has 1 aliphatic carbocycles. The van der Waals surface area contributed by atoms with Crippen molar-refractivity contribution in [1.29, 1.82) is 0 Å². The molecule has 1 N–H and O–H groups in total. The molecule has 2 unspecified atom stereocenters. The number of alkyl halides is 3. The highest BCUT2D eigenvalue weighted by molar-refractivity contribution is 6.02. The van der Waals surface area contributed by atoms with Crippen molar-refractivity contribution < 1.29 is 31.4 Å². The van der Waals surface area contributed by atoms with Crippen LogP contribution in [0.15, 0.2) is 30.3 Å². The Hall–Kier alpha value is -4.12. The smallest absolute Gasteiger partial charge is 0.463 e. The molecule has 270 valence electrons. The number of rotatable bonds is 7. The highest BCUT2D eigenvalue weighted by atomic mass is 19.4. The quantitative estimate of drug-likeness (QED) is 0.162. The molecule has 13 heteroatoms. The van der Waals surface area contributed by atoms with Gasteiger partial charge < -0.3 is 15.0 Å². The van der Waals surface area contributed by atoms with Gasteiger partial charge in [-0.3, -0.25) is 9.64 Å². The van der Waals surface area contributed by atoms with Gasteiger partial charge >= 0.3 is 12.4 Å². The minimum Gasteiger partial charge on any atom is -0.463 e. The van der Waals surface area contributed by atoms with Crippen LogP contribution in [0.4, 0.5) is 27.8 Å². The van der Waals surface area contributed by atoms with E-state index in [1.807, 2.05) is 18.7 Å². The summed E-state index contributed by atoms with van der Waals surface area (Å²) in [6.07, 6.45) is 4.47. The number of hydrogen-bond acceptors (Lipinski definition) is 8. The lowest BCUT2D eigenvalue weighted by Gasteiger charge is -2.39. The van der Waals surface area contributed by atoms with Gasteiger partial charge in [0.15, 0.2) is 5.82 Å². The second-order valence-electron chi connectivity index (χ2n) is 13.7. The first-order chi connectivity index (χ1) is 24.6. The number of likely N-dealkylation sites (tertiary alicyclic amines) is 1. The number of hydrogen-bond donors (Lipinski definition) is 1. The van der Waals surface area contributed by atoms with Gasteiger partial charge in [0.2, 0.25) is 0 Å². The van der Waals surface area contributed by atoms with Gasteiger partial charge in [0, 0.05) is 61.7 Å². The fourth-order valence-corrected chi connectivity index (χ4v) is 7.78. The topological polar surface area (TPSA) is 75.6 Å². The molecular formula is C38H41F5N6O2. The number of aryl methyl sites for hydroxylation is 1. The molecule has 0 bridgehead atoms. The van der Waals surface area contributed by atoms with E-state index in [-0.39, 0.29) is 47.4 Å². The Bertz CT molecular complexity index is 1980. The number of pyridine rings is 1. The first-order valence-corrected chi connectivity index (χ1v) is 17.8. The number of nitrogens with one attached hydrogen (secondary N) is 1. The van der Waals surface area contributed by atoms with Gasteiger partial charge in [0.1, 0.15) is 22.8 Å². The van der Waals surface area contributed by atoms with E-state index in [0.717, 1.165) is 38.8 Å². The molecule has 2 atom stereocenters. The summed E-state index contributed by atoms with van der Waals surface area (Å²) in [5, 5.41) is 5.06. The Morgan fingerprint density at radius 3 is 2.63 bits per heavy atom. The van der Waals surface area contributed by atoms with E-state index >= 15 is 4.39 Å². The third-order valence-electron chi connectivity index (χ3n) is 10.3. The predicted molar refractivity (Wildman–Crippen MR) is 186 cm³/mol. The minimum atomic E-state index is -4.66. The molecule has 2 aromatic carbocycles. The molecule has 3 aliphatic heterocycles. The van der Waals surface area contributed by atoms with Crippen LogP contribution in [-0.2, 0) is 11.2 Å². The Morgan fingerprint density at radius 1 is 1.04 bits per heavy atom. The highest BCUT2D eigenvalue weighted by Gasteiger charge is 2.47. The maximum atomic E-state index is 17.0.